The molecule has 1 fully saturated rings. The van der Waals surface area contributed by atoms with Gasteiger partial charge in [0.25, 0.3) is 0 Å². The number of hydrogen-bond donors (Lipinski definition) is 1. The van der Waals surface area contributed by atoms with Crippen LogP contribution >= 0.6 is 0 Å². The van der Waals surface area contributed by atoms with Gasteiger partial charge in [-0.15, -0.1) is 0 Å². The molecule has 1 saturated carbocycles. The normalized spacial score (nSPS) is 27.8. The van der Waals surface area contributed by atoms with Crippen LogP contribution in [-0.2, 0) is 14.3 Å². The van der Waals surface area contributed by atoms with Gasteiger partial charge in [-0.05, 0) is 44.9 Å². The molecule has 5 nitrogen and oxygen atoms in total. The fourth-order valence-corrected chi connectivity index (χ4v) is 3.49. The Morgan fingerprint density at radius 3 is 2.86 bits per heavy atom. The van der Waals surface area contributed by atoms with Gasteiger partial charge in [0.05, 0.1) is 18.3 Å². The van der Waals surface area contributed by atoms with Crippen molar-refractivity contribution >= 4 is 11.8 Å². The maximum atomic E-state index is 12.5. The number of nitrogens with one attached hydrogen (secondary N) is 1. The molecule has 1 aromatic heterocycles. The van der Waals surface area contributed by atoms with Crippen LogP contribution in [0.3, 0.4) is 0 Å². The van der Waals surface area contributed by atoms with E-state index in [1.54, 1.807) is 6.26 Å². The van der Waals surface area contributed by atoms with Gasteiger partial charge in [-0.25, -0.2) is 4.79 Å². The Balaban J connectivity index is 1.79. The number of furan rings is 1. The first-order valence-corrected chi connectivity index (χ1v) is 7.71. The number of fused-ring (bicyclic) bond motifs is 1. The van der Waals surface area contributed by atoms with E-state index in [1.807, 2.05) is 32.9 Å². The number of rotatable bonds is 3. The topological polar surface area (TPSA) is 68.5 Å². The molecule has 0 spiro atoms. The fourth-order valence-electron chi connectivity index (χ4n) is 3.49. The molecule has 0 saturated heterocycles. The van der Waals surface area contributed by atoms with Gasteiger partial charge in [-0.1, -0.05) is 0 Å². The van der Waals surface area contributed by atoms with Crippen molar-refractivity contribution in [3.05, 3.63) is 35.4 Å². The third-order valence-corrected chi connectivity index (χ3v) is 4.42. The molecule has 3 atom stereocenters. The van der Waals surface area contributed by atoms with Gasteiger partial charge in [-0.3, -0.25) is 4.79 Å². The van der Waals surface area contributed by atoms with E-state index in [-0.39, 0.29) is 35.7 Å². The summed E-state index contributed by atoms with van der Waals surface area (Å²) < 4.78 is 10.7. The predicted molar refractivity (Wildman–Crippen MR) is 80.0 cm³/mol. The number of hydrogen-bond acceptors (Lipinski definition) is 5. The second kappa shape index (κ2) is 5.63. The van der Waals surface area contributed by atoms with E-state index in [4.69, 9.17) is 9.15 Å². The fraction of sp³-hybridized carbons (Fsp3) is 0.529. The molecule has 2 aliphatic rings. The monoisotopic (exact) mass is 303 g/mol. The molecule has 0 radical (unpaired) electrons. The molecule has 1 aliphatic heterocycles. The zero-order valence-electron chi connectivity index (χ0n) is 13.1. The van der Waals surface area contributed by atoms with Gasteiger partial charge in [0, 0.05) is 18.4 Å². The molecular weight excluding hydrogens is 282 g/mol. The Bertz CT molecular complexity index is 615. The average molecular weight is 303 g/mol. The number of esters is 1. The second-order valence-corrected chi connectivity index (χ2v) is 6.36. The van der Waals surface area contributed by atoms with Crippen LogP contribution in [0.5, 0.6) is 0 Å². The van der Waals surface area contributed by atoms with E-state index in [1.165, 1.54) is 0 Å². The van der Waals surface area contributed by atoms with Crippen LogP contribution in [0.1, 0.15) is 45.3 Å². The molecule has 0 aromatic carbocycles. The van der Waals surface area contributed by atoms with Crippen molar-refractivity contribution in [1.29, 1.82) is 0 Å². The molecule has 1 aromatic rings. The molecule has 0 amide bonds. The van der Waals surface area contributed by atoms with Crippen LogP contribution < -0.4 is 5.32 Å². The van der Waals surface area contributed by atoms with Crippen molar-refractivity contribution < 1.29 is 18.7 Å². The van der Waals surface area contributed by atoms with Crippen LogP contribution in [0.4, 0.5) is 0 Å². The average Bonchev–Trinajstić information content (AvgIpc) is 3.06. The van der Waals surface area contributed by atoms with Gasteiger partial charge < -0.3 is 14.5 Å². The lowest BCUT2D eigenvalue weighted by atomic mass is 9.75. The number of carbonyl (C=O) groups excluding carboxylic acids is 2. The molecule has 22 heavy (non-hydrogen) atoms. The summed E-state index contributed by atoms with van der Waals surface area (Å²) >= 11 is 0. The smallest absolute Gasteiger partial charge is 0.354 e. The Morgan fingerprint density at radius 2 is 2.23 bits per heavy atom. The van der Waals surface area contributed by atoms with E-state index in [0.717, 1.165) is 17.8 Å². The summed E-state index contributed by atoms with van der Waals surface area (Å²) in [4.78, 5) is 24.7. The van der Waals surface area contributed by atoms with Crippen LogP contribution in [0.25, 0.3) is 0 Å². The zero-order chi connectivity index (χ0) is 15.9. The maximum absolute atomic E-state index is 12.5. The predicted octanol–water partition coefficient (Wildman–Crippen LogP) is 2.54. The Labute approximate surface area is 129 Å². The van der Waals surface area contributed by atoms with E-state index >= 15 is 0 Å². The Hall–Kier alpha value is -2.04. The lowest BCUT2D eigenvalue weighted by Gasteiger charge is -2.30. The summed E-state index contributed by atoms with van der Waals surface area (Å²) in [6, 6.07) is 3.69. The molecule has 0 bridgehead atoms. The second-order valence-electron chi connectivity index (χ2n) is 6.36. The van der Waals surface area contributed by atoms with Crippen LogP contribution in [0, 0.1) is 5.92 Å². The molecule has 1 aliphatic carbocycles. The van der Waals surface area contributed by atoms with Crippen molar-refractivity contribution in [2.24, 2.45) is 5.92 Å². The van der Waals surface area contributed by atoms with Crippen LogP contribution in [0.15, 0.2) is 34.1 Å². The lowest BCUT2D eigenvalue weighted by Crippen LogP contribution is -2.40. The van der Waals surface area contributed by atoms with Gasteiger partial charge >= 0.3 is 5.97 Å². The first-order chi connectivity index (χ1) is 10.5. The molecule has 118 valence electrons. The number of carbonyl (C=O) groups is 2. The minimum absolute atomic E-state index is 0.0499. The SMILES string of the molecule is CC1=C(C(=O)OC(C)C)NC2CC(c3ccco3)CC(=O)C12. The molecule has 1 N–H and O–H groups in total. The maximum Gasteiger partial charge on any atom is 0.354 e. The summed E-state index contributed by atoms with van der Waals surface area (Å²) in [5.74, 6) is 0.481. The summed E-state index contributed by atoms with van der Waals surface area (Å²) in [7, 11) is 0. The van der Waals surface area contributed by atoms with Crippen molar-refractivity contribution in [3.8, 4) is 0 Å². The number of ether oxygens (including phenoxy) is 1. The van der Waals surface area contributed by atoms with E-state index in [9.17, 15) is 9.59 Å². The van der Waals surface area contributed by atoms with Crippen LogP contribution in [0.2, 0.25) is 0 Å². The Kier molecular flexibility index (Phi) is 3.81. The number of Topliss-reactive ketones (excluding diaryl/α,β-unsaturated/α-hetero) is 1. The van der Waals surface area contributed by atoms with Crippen LogP contribution in [-0.4, -0.2) is 23.9 Å². The number of ketones is 1. The van der Waals surface area contributed by atoms with Gasteiger partial charge in [-0.2, -0.15) is 0 Å². The minimum atomic E-state index is -0.371. The van der Waals surface area contributed by atoms with E-state index in [0.29, 0.717) is 12.1 Å². The van der Waals surface area contributed by atoms with Gasteiger partial charge in [0.2, 0.25) is 0 Å². The largest absolute Gasteiger partial charge is 0.469 e. The van der Waals surface area contributed by atoms with Gasteiger partial charge in [0.1, 0.15) is 17.2 Å². The highest BCUT2D eigenvalue weighted by atomic mass is 16.5. The summed E-state index contributed by atoms with van der Waals surface area (Å²) in [5, 5.41) is 3.21. The first-order valence-electron chi connectivity index (χ1n) is 7.71. The molecule has 3 unspecified atom stereocenters. The first kappa shape index (κ1) is 14.9. The highest BCUT2D eigenvalue weighted by Gasteiger charge is 2.45. The Morgan fingerprint density at radius 1 is 1.45 bits per heavy atom. The molecule has 2 heterocycles. The van der Waals surface area contributed by atoms with E-state index in [2.05, 4.69) is 5.32 Å². The molecule has 5 heteroatoms. The van der Waals surface area contributed by atoms with Crippen molar-refractivity contribution in [3.63, 3.8) is 0 Å². The third kappa shape index (κ3) is 2.56. The lowest BCUT2D eigenvalue weighted by molar-refractivity contribution is -0.143. The van der Waals surface area contributed by atoms with Crippen molar-refractivity contribution in [2.75, 3.05) is 0 Å². The summed E-state index contributed by atoms with van der Waals surface area (Å²) in [6.07, 6.45) is 2.69. The van der Waals surface area contributed by atoms with Crippen molar-refractivity contribution in [1.82, 2.24) is 5.32 Å². The highest BCUT2D eigenvalue weighted by Crippen LogP contribution is 2.41. The molecule has 3 rings (SSSR count). The standard InChI is InChI=1S/C17H21NO4/c1-9(2)22-17(20)16-10(3)15-12(18-16)7-11(8-13(15)19)14-5-4-6-21-14/h4-6,9,11-12,15,18H,7-8H2,1-3H3. The van der Waals surface area contributed by atoms with E-state index < -0.39 is 0 Å². The zero-order valence-corrected chi connectivity index (χ0v) is 13.1. The summed E-state index contributed by atoms with van der Waals surface area (Å²) in [6.45, 7) is 5.47. The van der Waals surface area contributed by atoms with Crippen molar-refractivity contribution in [2.45, 2.75) is 51.7 Å². The minimum Gasteiger partial charge on any atom is -0.469 e. The highest BCUT2D eigenvalue weighted by molar-refractivity contribution is 5.94. The molecular formula is C17H21NO4. The summed E-state index contributed by atoms with van der Waals surface area (Å²) in [5.41, 5.74) is 1.26. The third-order valence-electron chi connectivity index (χ3n) is 4.42. The quantitative estimate of drug-likeness (QED) is 0.869. The van der Waals surface area contributed by atoms with Gasteiger partial charge in [0.15, 0.2) is 0 Å².